The van der Waals surface area contributed by atoms with E-state index in [1.54, 1.807) is 0 Å². The van der Waals surface area contributed by atoms with E-state index >= 15 is 0 Å². The Labute approximate surface area is 108 Å². The van der Waals surface area contributed by atoms with Crippen molar-refractivity contribution in [3.05, 3.63) is 0 Å². The number of aliphatic carboxylic acids is 1. The van der Waals surface area contributed by atoms with Crippen molar-refractivity contribution in [2.24, 2.45) is 11.8 Å². The quantitative estimate of drug-likeness (QED) is 0.790. The van der Waals surface area contributed by atoms with E-state index < -0.39 is 11.9 Å². The van der Waals surface area contributed by atoms with Crippen LogP contribution in [0, 0.1) is 11.8 Å². The molecule has 1 N–H and O–H groups in total. The summed E-state index contributed by atoms with van der Waals surface area (Å²) in [4.78, 5) is 13.5. The molecule has 0 aliphatic carbocycles. The van der Waals surface area contributed by atoms with Crippen molar-refractivity contribution in [3.63, 3.8) is 0 Å². The number of carbonyl (C=O) groups is 1. The average Bonchev–Trinajstić information content (AvgIpc) is 3.00. The van der Waals surface area contributed by atoms with Crippen molar-refractivity contribution in [2.45, 2.75) is 32.4 Å². The lowest BCUT2D eigenvalue weighted by Gasteiger charge is -2.37. The number of carboxylic acids is 1. The summed E-state index contributed by atoms with van der Waals surface area (Å²) in [6, 6.07) is 0.356. The topological polar surface area (TPSA) is 59.0 Å². The molecule has 0 radical (unpaired) electrons. The van der Waals surface area contributed by atoms with E-state index in [1.165, 1.54) is 0 Å². The molecular weight excluding hydrogens is 234 g/mol. The molecule has 5 nitrogen and oxygen atoms in total. The fraction of sp³-hybridized carbons (Fsp3) is 0.923. The highest BCUT2D eigenvalue weighted by Crippen LogP contribution is 2.27. The summed E-state index contributed by atoms with van der Waals surface area (Å²) in [7, 11) is 0. The predicted octanol–water partition coefficient (Wildman–Crippen LogP) is 0.833. The summed E-state index contributed by atoms with van der Waals surface area (Å²) in [6.45, 7) is 7.62. The Morgan fingerprint density at radius 3 is 2.72 bits per heavy atom. The molecule has 0 aromatic carbocycles. The number of hydrogen-bond acceptors (Lipinski definition) is 4. The molecule has 0 aromatic rings. The molecule has 2 saturated heterocycles. The molecule has 0 spiro atoms. The van der Waals surface area contributed by atoms with Crippen LogP contribution in [-0.4, -0.2) is 61.0 Å². The van der Waals surface area contributed by atoms with Crippen LogP contribution < -0.4 is 0 Å². The minimum Gasteiger partial charge on any atom is -0.481 e. The molecule has 4 atom stereocenters. The first-order valence-corrected chi connectivity index (χ1v) is 6.79. The van der Waals surface area contributed by atoms with Gasteiger partial charge in [0.1, 0.15) is 0 Å². The first-order valence-electron chi connectivity index (χ1n) is 6.79. The molecule has 0 amide bonds. The summed E-state index contributed by atoms with van der Waals surface area (Å²) < 4.78 is 10.8. The van der Waals surface area contributed by atoms with E-state index in [4.69, 9.17) is 9.47 Å². The Bertz CT molecular complexity index is 291. The second-order valence-electron chi connectivity index (χ2n) is 5.24. The van der Waals surface area contributed by atoms with Crippen LogP contribution in [0.25, 0.3) is 0 Å². The lowest BCUT2D eigenvalue weighted by molar-refractivity contribution is -0.143. The SMILES string of the molecule is CCN(C(C)C1CCOC1)C1COCC1C(=O)O. The van der Waals surface area contributed by atoms with Crippen molar-refractivity contribution >= 4 is 5.97 Å². The number of hydrogen-bond donors (Lipinski definition) is 1. The van der Waals surface area contributed by atoms with Gasteiger partial charge < -0.3 is 14.6 Å². The first-order chi connectivity index (χ1) is 8.65. The van der Waals surface area contributed by atoms with Crippen molar-refractivity contribution < 1.29 is 19.4 Å². The highest BCUT2D eigenvalue weighted by Gasteiger charge is 2.40. The van der Waals surface area contributed by atoms with Crippen LogP contribution in [0.2, 0.25) is 0 Å². The molecule has 4 unspecified atom stereocenters. The molecular formula is C13H23NO4. The van der Waals surface area contributed by atoms with Crippen LogP contribution in [0.15, 0.2) is 0 Å². The minimum absolute atomic E-state index is 0.00287. The molecule has 0 bridgehead atoms. The molecule has 2 aliphatic heterocycles. The molecule has 0 saturated carbocycles. The number of carboxylic acid groups (broad SMARTS) is 1. The monoisotopic (exact) mass is 257 g/mol. The van der Waals surface area contributed by atoms with E-state index in [9.17, 15) is 9.90 Å². The molecule has 5 heteroatoms. The van der Waals surface area contributed by atoms with Gasteiger partial charge in [-0.3, -0.25) is 9.69 Å². The van der Waals surface area contributed by atoms with Crippen molar-refractivity contribution in [1.82, 2.24) is 4.90 Å². The van der Waals surface area contributed by atoms with Gasteiger partial charge in [0.05, 0.1) is 25.7 Å². The van der Waals surface area contributed by atoms with E-state index in [-0.39, 0.29) is 6.04 Å². The van der Waals surface area contributed by atoms with E-state index in [0.29, 0.717) is 25.2 Å². The Morgan fingerprint density at radius 1 is 1.39 bits per heavy atom. The van der Waals surface area contributed by atoms with E-state index in [2.05, 4.69) is 18.7 Å². The normalized spacial score (nSPS) is 34.1. The molecule has 2 aliphatic rings. The van der Waals surface area contributed by atoms with Gasteiger partial charge in [-0.1, -0.05) is 6.92 Å². The summed E-state index contributed by atoms with van der Waals surface area (Å²) in [5, 5.41) is 9.24. The van der Waals surface area contributed by atoms with Gasteiger partial charge in [-0.15, -0.1) is 0 Å². The highest BCUT2D eigenvalue weighted by atomic mass is 16.5. The van der Waals surface area contributed by atoms with Gasteiger partial charge in [-0.25, -0.2) is 0 Å². The van der Waals surface area contributed by atoms with Crippen molar-refractivity contribution in [3.8, 4) is 0 Å². The van der Waals surface area contributed by atoms with Gasteiger partial charge in [0.2, 0.25) is 0 Å². The summed E-state index contributed by atoms with van der Waals surface area (Å²) in [6.07, 6.45) is 1.07. The first kappa shape index (κ1) is 13.8. The third-order valence-electron chi connectivity index (χ3n) is 4.33. The van der Waals surface area contributed by atoms with Crippen LogP contribution >= 0.6 is 0 Å². The van der Waals surface area contributed by atoms with E-state index in [1.807, 2.05) is 0 Å². The zero-order chi connectivity index (χ0) is 13.1. The van der Waals surface area contributed by atoms with Crippen LogP contribution in [0.5, 0.6) is 0 Å². The molecule has 18 heavy (non-hydrogen) atoms. The largest absolute Gasteiger partial charge is 0.481 e. The Balaban J connectivity index is 2.04. The van der Waals surface area contributed by atoms with Crippen molar-refractivity contribution in [1.29, 1.82) is 0 Å². The maximum atomic E-state index is 11.2. The molecule has 104 valence electrons. The van der Waals surface area contributed by atoms with Crippen molar-refractivity contribution in [2.75, 3.05) is 33.0 Å². The second kappa shape index (κ2) is 5.99. The Hall–Kier alpha value is -0.650. The third kappa shape index (κ3) is 2.68. The lowest BCUT2D eigenvalue weighted by Crippen LogP contribution is -2.50. The number of ether oxygens (including phenoxy) is 2. The Kier molecular flexibility index (Phi) is 4.59. The molecule has 2 rings (SSSR count). The highest BCUT2D eigenvalue weighted by molar-refractivity contribution is 5.71. The van der Waals surface area contributed by atoms with Gasteiger partial charge in [-0.2, -0.15) is 0 Å². The molecule has 2 fully saturated rings. The van der Waals surface area contributed by atoms with Gasteiger partial charge in [0.15, 0.2) is 0 Å². The molecule has 2 heterocycles. The maximum absolute atomic E-state index is 11.2. The zero-order valence-electron chi connectivity index (χ0n) is 11.2. The standard InChI is InChI=1S/C13H23NO4/c1-3-14(9(2)10-4-5-17-6-10)12-8-18-7-11(12)13(15)16/h9-12H,3-8H2,1-2H3,(H,15,16). The van der Waals surface area contributed by atoms with E-state index in [0.717, 1.165) is 26.2 Å². The number of nitrogens with zero attached hydrogens (tertiary/aromatic N) is 1. The van der Waals surface area contributed by atoms with Crippen LogP contribution in [0.1, 0.15) is 20.3 Å². The minimum atomic E-state index is -0.745. The zero-order valence-corrected chi connectivity index (χ0v) is 11.2. The number of likely N-dealkylation sites (N-methyl/N-ethyl adjacent to an activating group) is 1. The number of rotatable bonds is 5. The second-order valence-corrected chi connectivity index (χ2v) is 5.24. The van der Waals surface area contributed by atoms with Gasteiger partial charge in [0, 0.05) is 18.7 Å². The summed E-state index contributed by atoms with van der Waals surface area (Å²) in [5.41, 5.74) is 0. The van der Waals surface area contributed by atoms with Gasteiger partial charge in [0.25, 0.3) is 0 Å². The fourth-order valence-electron chi connectivity index (χ4n) is 3.13. The Morgan fingerprint density at radius 2 is 2.17 bits per heavy atom. The molecule has 0 aromatic heterocycles. The summed E-state index contributed by atoms with van der Waals surface area (Å²) in [5.74, 6) is -0.625. The van der Waals surface area contributed by atoms with Gasteiger partial charge in [-0.05, 0) is 25.8 Å². The lowest BCUT2D eigenvalue weighted by atomic mass is 9.94. The predicted molar refractivity (Wildman–Crippen MR) is 66.5 cm³/mol. The van der Waals surface area contributed by atoms with Gasteiger partial charge >= 0.3 is 5.97 Å². The maximum Gasteiger partial charge on any atom is 0.310 e. The van der Waals surface area contributed by atoms with Crippen LogP contribution in [0.3, 0.4) is 0 Å². The fourth-order valence-corrected chi connectivity index (χ4v) is 3.13. The third-order valence-corrected chi connectivity index (χ3v) is 4.33. The summed E-state index contributed by atoms with van der Waals surface area (Å²) >= 11 is 0. The average molecular weight is 257 g/mol. The van der Waals surface area contributed by atoms with Crippen LogP contribution in [-0.2, 0) is 14.3 Å². The smallest absolute Gasteiger partial charge is 0.310 e. The van der Waals surface area contributed by atoms with Crippen LogP contribution in [0.4, 0.5) is 0 Å².